The molecule has 0 unspecified atom stereocenters. The average molecular weight is 374 g/mol. The van der Waals surface area contributed by atoms with Crippen molar-refractivity contribution in [2.45, 2.75) is 51.0 Å². The van der Waals surface area contributed by atoms with E-state index in [1.807, 2.05) is 37.4 Å². The van der Waals surface area contributed by atoms with Gasteiger partial charge in [-0.1, -0.05) is 31.0 Å². The Labute approximate surface area is 164 Å². The molecule has 5 heteroatoms. The molecule has 1 aromatic rings. The van der Waals surface area contributed by atoms with Crippen molar-refractivity contribution in [1.82, 2.24) is 10.2 Å². The van der Waals surface area contributed by atoms with Gasteiger partial charge >= 0.3 is 0 Å². The number of rotatable bonds is 7. The maximum atomic E-state index is 6.12. The number of nitrogens with one attached hydrogen (secondary N) is 1. The van der Waals surface area contributed by atoms with E-state index in [1.54, 1.807) is 7.11 Å². The number of piperidine rings is 1. The van der Waals surface area contributed by atoms with Crippen LogP contribution in [-0.2, 0) is 4.74 Å². The van der Waals surface area contributed by atoms with Gasteiger partial charge < -0.3 is 19.7 Å². The second-order valence-corrected chi connectivity index (χ2v) is 7.97. The average Bonchev–Trinajstić information content (AvgIpc) is 3.18. The number of nitrogens with zero attached hydrogens (tertiary/aromatic N) is 2. The van der Waals surface area contributed by atoms with Crippen LogP contribution in [0, 0.1) is 5.41 Å². The Morgan fingerprint density at radius 2 is 1.89 bits per heavy atom. The molecule has 0 amide bonds. The number of methoxy groups -OCH3 is 1. The summed E-state index contributed by atoms with van der Waals surface area (Å²) in [5.41, 5.74) is 0.376. The van der Waals surface area contributed by atoms with Crippen molar-refractivity contribution in [2.75, 3.05) is 40.4 Å². The summed E-state index contributed by atoms with van der Waals surface area (Å²) in [4.78, 5) is 6.93. The van der Waals surface area contributed by atoms with E-state index in [4.69, 9.17) is 9.47 Å². The molecule has 0 spiro atoms. The number of aliphatic imine (C=N–C) groups is 1. The van der Waals surface area contributed by atoms with Crippen LogP contribution >= 0.6 is 0 Å². The summed E-state index contributed by atoms with van der Waals surface area (Å²) in [6, 6.07) is 10.1. The van der Waals surface area contributed by atoms with Crippen molar-refractivity contribution in [3.8, 4) is 5.75 Å². The Balaban J connectivity index is 1.47. The van der Waals surface area contributed by atoms with Gasteiger partial charge in [-0.25, -0.2) is 0 Å². The molecule has 1 saturated carbocycles. The minimum Gasteiger partial charge on any atom is -0.490 e. The zero-order valence-electron chi connectivity index (χ0n) is 17.0. The van der Waals surface area contributed by atoms with Crippen LogP contribution in [-0.4, -0.2) is 57.4 Å². The van der Waals surface area contributed by atoms with E-state index < -0.39 is 0 Å². The summed E-state index contributed by atoms with van der Waals surface area (Å²) in [6.45, 7) is 3.83. The van der Waals surface area contributed by atoms with Gasteiger partial charge in [-0.15, -0.1) is 0 Å². The zero-order chi connectivity index (χ0) is 19.0. The first-order chi connectivity index (χ1) is 13.2. The highest BCUT2D eigenvalue weighted by atomic mass is 16.5. The molecule has 1 N–H and O–H groups in total. The van der Waals surface area contributed by atoms with Gasteiger partial charge in [-0.2, -0.15) is 0 Å². The molecule has 1 aliphatic heterocycles. The molecule has 0 bridgehead atoms. The fourth-order valence-corrected chi connectivity index (χ4v) is 4.43. The number of guanidine groups is 1. The second kappa shape index (κ2) is 9.98. The van der Waals surface area contributed by atoms with Crippen molar-refractivity contribution in [1.29, 1.82) is 0 Å². The lowest BCUT2D eigenvalue weighted by molar-refractivity contribution is 0.125. The van der Waals surface area contributed by atoms with Gasteiger partial charge in [0.1, 0.15) is 11.9 Å². The molecule has 27 heavy (non-hydrogen) atoms. The molecule has 0 aromatic heterocycles. The lowest BCUT2D eigenvalue weighted by Gasteiger charge is -2.36. The Hall–Kier alpha value is -1.75. The number of benzene rings is 1. The molecule has 5 nitrogen and oxygen atoms in total. The number of para-hydroxylation sites is 1. The third-order valence-electron chi connectivity index (χ3n) is 6.12. The van der Waals surface area contributed by atoms with Crippen LogP contribution in [0.15, 0.2) is 35.3 Å². The Morgan fingerprint density at radius 3 is 2.52 bits per heavy atom. The first kappa shape index (κ1) is 20.0. The van der Waals surface area contributed by atoms with E-state index in [2.05, 4.69) is 15.2 Å². The predicted octanol–water partition coefficient (Wildman–Crippen LogP) is 3.70. The minimum absolute atomic E-state index is 0.296. The molecule has 2 aliphatic rings. The van der Waals surface area contributed by atoms with Crippen molar-refractivity contribution >= 4 is 5.96 Å². The van der Waals surface area contributed by atoms with E-state index >= 15 is 0 Å². The predicted molar refractivity (Wildman–Crippen MR) is 110 cm³/mol. The third kappa shape index (κ3) is 5.61. The molecular formula is C22H35N3O2. The summed E-state index contributed by atoms with van der Waals surface area (Å²) in [6.07, 6.45) is 8.78. The third-order valence-corrected chi connectivity index (χ3v) is 6.12. The van der Waals surface area contributed by atoms with Crippen LogP contribution in [0.1, 0.15) is 44.9 Å². The summed E-state index contributed by atoms with van der Waals surface area (Å²) in [5.74, 6) is 2.01. The van der Waals surface area contributed by atoms with Gasteiger partial charge in [0.15, 0.2) is 5.96 Å². The van der Waals surface area contributed by atoms with Crippen molar-refractivity contribution in [3.05, 3.63) is 30.3 Å². The first-order valence-electron chi connectivity index (χ1n) is 10.4. The second-order valence-electron chi connectivity index (χ2n) is 7.97. The van der Waals surface area contributed by atoms with Crippen molar-refractivity contribution in [2.24, 2.45) is 10.4 Å². The molecular weight excluding hydrogens is 338 g/mol. The smallest absolute Gasteiger partial charge is 0.193 e. The van der Waals surface area contributed by atoms with Crippen molar-refractivity contribution in [3.63, 3.8) is 0 Å². The van der Waals surface area contributed by atoms with Gasteiger partial charge in [0.25, 0.3) is 0 Å². The molecule has 1 heterocycles. The van der Waals surface area contributed by atoms with Gasteiger partial charge in [0.2, 0.25) is 0 Å². The highest BCUT2D eigenvalue weighted by Gasteiger charge is 2.34. The topological polar surface area (TPSA) is 46.1 Å². The molecule has 1 saturated heterocycles. The van der Waals surface area contributed by atoms with Gasteiger partial charge in [-0.05, 0) is 36.8 Å². The maximum Gasteiger partial charge on any atom is 0.193 e. The van der Waals surface area contributed by atoms with Crippen LogP contribution in [0.2, 0.25) is 0 Å². The van der Waals surface area contributed by atoms with Crippen LogP contribution < -0.4 is 10.1 Å². The van der Waals surface area contributed by atoms with Gasteiger partial charge in [-0.3, -0.25) is 4.99 Å². The number of hydrogen-bond donors (Lipinski definition) is 1. The standard InChI is InChI=1S/C22H35N3O2/c1-23-21(24-18-22(14-17-26-2)12-6-7-13-22)25-15-10-20(11-16-25)27-19-8-4-3-5-9-19/h3-5,8-9,20H,6-7,10-18H2,1-2H3,(H,23,24). The highest BCUT2D eigenvalue weighted by molar-refractivity contribution is 5.80. The first-order valence-corrected chi connectivity index (χ1v) is 10.4. The number of likely N-dealkylation sites (tertiary alicyclic amines) is 1. The quantitative estimate of drug-likeness (QED) is 0.585. The SMILES string of the molecule is CN=C(NCC1(CCOC)CCCC1)N1CCC(Oc2ccccc2)CC1. The fourth-order valence-electron chi connectivity index (χ4n) is 4.43. The summed E-state index contributed by atoms with van der Waals surface area (Å²) < 4.78 is 11.5. The molecule has 2 fully saturated rings. The van der Waals surface area contributed by atoms with Crippen LogP contribution in [0.4, 0.5) is 0 Å². The highest BCUT2D eigenvalue weighted by Crippen LogP contribution is 2.40. The van der Waals surface area contributed by atoms with Gasteiger partial charge in [0, 0.05) is 53.2 Å². The number of hydrogen-bond acceptors (Lipinski definition) is 3. The maximum absolute atomic E-state index is 6.12. The Bertz CT molecular complexity index is 576. The molecule has 0 radical (unpaired) electrons. The molecule has 3 rings (SSSR count). The van der Waals surface area contributed by atoms with Crippen LogP contribution in [0.5, 0.6) is 5.75 Å². The zero-order valence-corrected chi connectivity index (χ0v) is 17.0. The largest absolute Gasteiger partial charge is 0.490 e. The van der Waals surface area contributed by atoms with E-state index in [0.717, 1.165) is 57.2 Å². The van der Waals surface area contributed by atoms with E-state index in [9.17, 15) is 0 Å². The lowest BCUT2D eigenvalue weighted by atomic mass is 9.83. The lowest BCUT2D eigenvalue weighted by Crippen LogP contribution is -2.49. The van der Waals surface area contributed by atoms with Crippen LogP contribution in [0.25, 0.3) is 0 Å². The fraction of sp³-hybridized carbons (Fsp3) is 0.682. The van der Waals surface area contributed by atoms with Gasteiger partial charge in [0.05, 0.1) is 0 Å². The summed E-state index contributed by atoms with van der Waals surface area (Å²) >= 11 is 0. The Morgan fingerprint density at radius 1 is 1.19 bits per heavy atom. The summed E-state index contributed by atoms with van der Waals surface area (Å²) in [7, 11) is 3.70. The molecule has 0 atom stereocenters. The summed E-state index contributed by atoms with van der Waals surface area (Å²) in [5, 5.41) is 3.67. The van der Waals surface area contributed by atoms with E-state index in [1.165, 1.54) is 25.7 Å². The van der Waals surface area contributed by atoms with Crippen LogP contribution in [0.3, 0.4) is 0 Å². The number of ether oxygens (including phenoxy) is 2. The Kier molecular flexibility index (Phi) is 7.39. The van der Waals surface area contributed by atoms with Crippen molar-refractivity contribution < 1.29 is 9.47 Å². The molecule has 1 aliphatic carbocycles. The molecule has 1 aromatic carbocycles. The van der Waals surface area contributed by atoms with E-state index in [0.29, 0.717) is 11.5 Å². The normalized spacial score (nSPS) is 20.7. The minimum atomic E-state index is 0.296. The van der Waals surface area contributed by atoms with E-state index in [-0.39, 0.29) is 0 Å². The molecule has 150 valence electrons. The monoisotopic (exact) mass is 373 g/mol.